The number of fused-ring (bicyclic) bond motifs is 1. The van der Waals surface area contributed by atoms with Crippen LogP contribution in [0.25, 0.3) is 0 Å². The van der Waals surface area contributed by atoms with Crippen molar-refractivity contribution in [3.63, 3.8) is 0 Å². The maximum absolute atomic E-state index is 12.7. The van der Waals surface area contributed by atoms with E-state index in [-0.39, 0.29) is 4.90 Å². The van der Waals surface area contributed by atoms with Gasteiger partial charge in [0.15, 0.2) is 17.2 Å². The summed E-state index contributed by atoms with van der Waals surface area (Å²) in [6, 6.07) is 4.66. The summed E-state index contributed by atoms with van der Waals surface area (Å²) in [6.45, 7) is 2.72. The number of benzene rings is 1. The predicted molar refractivity (Wildman–Crippen MR) is 91.0 cm³/mol. The Bertz CT molecular complexity index is 937. The number of aromatic nitrogens is 2. The molecule has 1 aliphatic rings. The first-order chi connectivity index (χ1) is 12.3. The number of sulfonamides is 1. The Morgan fingerprint density at radius 2 is 2.04 bits per heavy atom. The quantitative estimate of drug-likeness (QED) is 0.774. The highest BCUT2D eigenvalue weighted by Crippen LogP contribution is 2.33. The molecule has 0 bridgehead atoms. The Morgan fingerprint density at radius 1 is 1.35 bits per heavy atom. The van der Waals surface area contributed by atoms with Crippen LogP contribution in [-0.4, -0.2) is 42.5 Å². The lowest BCUT2D eigenvalue weighted by molar-refractivity contribution is 0.0680. The van der Waals surface area contributed by atoms with Crippen LogP contribution in [0.3, 0.4) is 0 Å². The summed E-state index contributed by atoms with van der Waals surface area (Å²) in [5.74, 6) is -0.199. The molecule has 10 heteroatoms. The third-order valence-corrected chi connectivity index (χ3v) is 5.54. The number of carboxylic acid groups (broad SMARTS) is 1. The minimum atomic E-state index is -4.08. The van der Waals surface area contributed by atoms with Gasteiger partial charge in [-0.1, -0.05) is 13.0 Å². The van der Waals surface area contributed by atoms with Crippen LogP contribution < -0.4 is 14.2 Å². The SMILES string of the molecule is CCC(NS(=O)(=O)c1cnn(C)c1C(=O)O)c1ccc2c(c1)OCCO2. The molecule has 0 radical (unpaired) electrons. The highest BCUT2D eigenvalue weighted by molar-refractivity contribution is 7.89. The number of carbonyl (C=O) groups is 1. The smallest absolute Gasteiger partial charge is 0.355 e. The molecule has 0 amide bonds. The highest BCUT2D eigenvalue weighted by Gasteiger charge is 2.29. The van der Waals surface area contributed by atoms with E-state index in [0.717, 1.165) is 10.9 Å². The van der Waals surface area contributed by atoms with Gasteiger partial charge in [-0.2, -0.15) is 5.10 Å². The molecule has 2 aromatic rings. The molecule has 3 rings (SSSR count). The van der Waals surface area contributed by atoms with Gasteiger partial charge in [-0.15, -0.1) is 0 Å². The fourth-order valence-corrected chi connectivity index (χ4v) is 4.24. The lowest BCUT2D eigenvalue weighted by atomic mass is 10.0. The molecule has 0 aliphatic carbocycles. The molecule has 2 heterocycles. The van der Waals surface area contributed by atoms with Crippen molar-refractivity contribution in [2.45, 2.75) is 24.3 Å². The number of nitrogens with zero attached hydrogens (tertiary/aromatic N) is 2. The number of hydrogen-bond donors (Lipinski definition) is 2. The van der Waals surface area contributed by atoms with Gasteiger partial charge >= 0.3 is 5.97 Å². The summed E-state index contributed by atoms with van der Waals surface area (Å²) in [4.78, 5) is 11.0. The van der Waals surface area contributed by atoms with Crippen molar-refractivity contribution in [1.29, 1.82) is 0 Å². The van der Waals surface area contributed by atoms with Gasteiger partial charge < -0.3 is 14.6 Å². The zero-order valence-corrected chi connectivity index (χ0v) is 15.1. The van der Waals surface area contributed by atoms with E-state index in [0.29, 0.717) is 36.7 Å². The molecule has 1 aromatic heterocycles. The van der Waals surface area contributed by atoms with Crippen LogP contribution in [0.1, 0.15) is 35.4 Å². The van der Waals surface area contributed by atoms with Crippen molar-refractivity contribution in [2.75, 3.05) is 13.2 Å². The largest absolute Gasteiger partial charge is 0.486 e. The van der Waals surface area contributed by atoms with Crippen LogP contribution in [0.4, 0.5) is 0 Å². The molecule has 9 nitrogen and oxygen atoms in total. The lowest BCUT2D eigenvalue weighted by Gasteiger charge is -2.22. The van der Waals surface area contributed by atoms with Crippen molar-refractivity contribution in [2.24, 2.45) is 7.05 Å². The van der Waals surface area contributed by atoms with Crippen molar-refractivity contribution >= 4 is 16.0 Å². The van der Waals surface area contributed by atoms with E-state index in [1.807, 2.05) is 6.92 Å². The molecule has 1 aromatic carbocycles. The second-order valence-electron chi connectivity index (χ2n) is 5.77. The molecular weight excluding hydrogens is 362 g/mol. The summed E-state index contributed by atoms with van der Waals surface area (Å²) in [6.07, 6.45) is 1.49. The summed E-state index contributed by atoms with van der Waals surface area (Å²) < 4.78 is 40.0. The molecule has 0 saturated carbocycles. The summed E-state index contributed by atoms with van der Waals surface area (Å²) >= 11 is 0. The number of aromatic carboxylic acids is 1. The second-order valence-corrected chi connectivity index (χ2v) is 7.45. The zero-order valence-electron chi connectivity index (χ0n) is 14.3. The van der Waals surface area contributed by atoms with Crippen LogP contribution in [0, 0.1) is 0 Å². The first-order valence-electron chi connectivity index (χ1n) is 8.00. The van der Waals surface area contributed by atoms with E-state index in [1.54, 1.807) is 18.2 Å². The summed E-state index contributed by atoms with van der Waals surface area (Å²) in [7, 11) is -2.71. The van der Waals surface area contributed by atoms with Gasteiger partial charge in [-0.25, -0.2) is 17.9 Å². The van der Waals surface area contributed by atoms with Gasteiger partial charge in [0.05, 0.1) is 6.20 Å². The number of hydrogen-bond acceptors (Lipinski definition) is 6. The van der Waals surface area contributed by atoms with Gasteiger partial charge in [0.2, 0.25) is 10.0 Å². The monoisotopic (exact) mass is 381 g/mol. The third-order valence-electron chi connectivity index (χ3n) is 4.07. The molecular formula is C16H19N3O6S. The van der Waals surface area contributed by atoms with E-state index in [1.165, 1.54) is 7.05 Å². The average Bonchev–Trinajstić information content (AvgIpc) is 3.02. The number of nitrogens with one attached hydrogen (secondary N) is 1. The standard InChI is InChI=1S/C16H19N3O6S/c1-3-11(10-4-5-12-13(8-10)25-7-6-24-12)18-26(22,23)14-9-17-19(2)15(14)16(20)21/h4-5,8-9,11,18H,3,6-7H2,1-2H3,(H,20,21). The van der Waals surface area contributed by atoms with Crippen LogP contribution in [0.15, 0.2) is 29.3 Å². The zero-order chi connectivity index (χ0) is 18.9. The maximum Gasteiger partial charge on any atom is 0.355 e. The maximum atomic E-state index is 12.7. The fourth-order valence-electron chi connectivity index (χ4n) is 2.77. The van der Waals surface area contributed by atoms with Gasteiger partial charge in [0.25, 0.3) is 0 Å². The van der Waals surface area contributed by atoms with E-state index in [9.17, 15) is 18.3 Å². The molecule has 1 aliphatic heterocycles. The Labute approximate surface area is 150 Å². The minimum absolute atomic E-state index is 0.372. The number of rotatable bonds is 6. The van der Waals surface area contributed by atoms with Gasteiger partial charge in [0.1, 0.15) is 18.1 Å². The van der Waals surface area contributed by atoms with Crippen LogP contribution >= 0.6 is 0 Å². The molecule has 26 heavy (non-hydrogen) atoms. The van der Waals surface area contributed by atoms with E-state index < -0.39 is 27.7 Å². The minimum Gasteiger partial charge on any atom is -0.486 e. The fraction of sp³-hybridized carbons (Fsp3) is 0.375. The van der Waals surface area contributed by atoms with Crippen molar-refractivity contribution in [3.05, 3.63) is 35.7 Å². The van der Waals surface area contributed by atoms with E-state index in [4.69, 9.17) is 9.47 Å². The Hall–Kier alpha value is -2.59. The topological polar surface area (TPSA) is 120 Å². The third kappa shape index (κ3) is 3.37. The highest BCUT2D eigenvalue weighted by atomic mass is 32.2. The number of ether oxygens (including phenoxy) is 2. The summed E-state index contributed by atoms with van der Waals surface area (Å²) in [5, 5.41) is 13.0. The van der Waals surface area contributed by atoms with Crippen molar-refractivity contribution in [3.8, 4) is 11.5 Å². The van der Waals surface area contributed by atoms with Crippen LogP contribution in [-0.2, 0) is 17.1 Å². The molecule has 0 spiro atoms. The van der Waals surface area contributed by atoms with Crippen molar-refractivity contribution < 1.29 is 27.8 Å². The van der Waals surface area contributed by atoms with E-state index in [2.05, 4.69) is 9.82 Å². The molecule has 1 unspecified atom stereocenters. The van der Waals surface area contributed by atoms with Gasteiger partial charge in [-0.3, -0.25) is 4.68 Å². The number of carboxylic acids is 1. The van der Waals surface area contributed by atoms with E-state index >= 15 is 0 Å². The van der Waals surface area contributed by atoms with Gasteiger partial charge in [0, 0.05) is 13.1 Å². The Balaban J connectivity index is 1.91. The van der Waals surface area contributed by atoms with Crippen molar-refractivity contribution in [1.82, 2.24) is 14.5 Å². The predicted octanol–water partition coefficient (Wildman–Crippen LogP) is 1.32. The average molecular weight is 381 g/mol. The number of aryl methyl sites for hydroxylation is 1. The van der Waals surface area contributed by atoms with Gasteiger partial charge in [-0.05, 0) is 24.1 Å². The summed E-state index contributed by atoms with van der Waals surface area (Å²) in [5.41, 5.74) is 0.301. The van der Waals surface area contributed by atoms with Crippen LogP contribution in [0.2, 0.25) is 0 Å². The molecule has 1 atom stereocenters. The molecule has 140 valence electrons. The first-order valence-corrected chi connectivity index (χ1v) is 9.49. The molecule has 2 N–H and O–H groups in total. The first kappa shape index (κ1) is 18.2. The van der Waals surface area contributed by atoms with Crippen LogP contribution in [0.5, 0.6) is 11.5 Å². The normalized spacial score (nSPS) is 14.8. The molecule has 0 fully saturated rings. The second kappa shape index (κ2) is 6.96. The Morgan fingerprint density at radius 3 is 2.69 bits per heavy atom. The lowest BCUT2D eigenvalue weighted by Crippen LogP contribution is -2.29. The molecule has 0 saturated heterocycles. The Kier molecular flexibility index (Phi) is 4.88.